The van der Waals surface area contributed by atoms with E-state index in [1.807, 2.05) is 29.2 Å². The number of ether oxygens (including phenoxy) is 1. The summed E-state index contributed by atoms with van der Waals surface area (Å²) in [4.78, 5) is 23.1. The lowest BCUT2D eigenvalue weighted by atomic mass is 10.1. The molecule has 6 nitrogen and oxygen atoms in total. The minimum absolute atomic E-state index is 0.00699. The Morgan fingerprint density at radius 1 is 1.30 bits per heavy atom. The van der Waals surface area contributed by atoms with Crippen LogP contribution in [-0.2, 0) is 6.42 Å². The van der Waals surface area contributed by atoms with Crippen LogP contribution < -0.4 is 4.74 Å². The number of pyridine rings is 1. The normalized spacial score (nSPS) is 16.5. The van der Waals surface area contributed by atoms with Gasteiger partial charge in [-0.3, -0.25) is 9.78 Å². The molecule has 1 amide bonds. The first-order valence-corrected chi connectivity index (χ1v) is 9.03. The molecule has 4 rings (SSSR count). The van der Waals surface area contributed by atoms with Crippen LogP contribution in [0.4, 0.5) is 0 Å². The number of carbonyl (C=O) groups is 1. The van der Waals surface area contributed by atoms with Gasteiger partial charge in [0, 0.05) is 30.9 Å². The maximum Gasteiger partial charge on any atom is 0.254 e. The van der Waals surface area contributed by atoms with Crippen LogP contribution >= 0.6 is 0 Å². The van der Waals surface area contributed by atoms with Gasteiger partial charge >= 0.3 is 0 Å². The molecule has 138 valence electrons. The van der Waals surface area contributed by atoms with Crippen molar-refractivity contribution in [3.05, 3.63) is 77.8 Å². The number of oxazole rings is 1. The second-order valence-electron chi connectivity index (χ2n) is 6.59. The van der Waals surface area contributed by atoms with Crippen molar-refractivity contribution in [3.8, 4) is 5.75 Å². The molecule has 0 saturated carbocycles. The SMILES string of the molecule is COc1cccc(Cc2cnc(C3CCCN3C(=O)c3ccncc3)o2)c1. The molecular weight excluding hydrogens is 342 g/mol. The number of aromatic nitrogens is 2. The standard InChI is InChI=1S/C21H21N3O3/c1-26-17-5-2-4-15(12-17)13-18-14-23-20(27-18)19-6-3-11-24(19)21(25)16-7-9-22-10-8-16/h2,4-5,7-10,12,14,19H,3,6,11,13H2,1H3. The van der Waals surface area contributed by atoms with Crippen molar-refractivity contribution in [3.63, 3.8) is 0 Å². The first-order chi connectivity index (χ1) is 13.2. The third-order valence-corrected chi connectivity index (χ3v) is 4.81. The number of amides is 1. The van der Waals surface area contributed by atoms with Gasteiger partial charge in [-0.1, -0.05) is 12.1 Å². The average Bonchev–Trinajstić information content (AvgIpc) is 3.37. The van der Waals surface area contributed by atoms with Crippen LogP contribution in [0.15, 0.2) is 59.4 Å². The maximum absolute atomic E-state index is 12.8. The highest BCUT2D eigenvalue weighted by atomic mass is 16.5. The van der Waals surface area contributed by atoms with Crippen molar-refractivity contribution in [2.75, 3.05) is 13.7 Å². The first-order valence-electron chi connectivity index (χ1n) is 9.03. The lowest BCUT2D eigenvalue weighted by molar-refractivity contribution is 0.0714. The third-order valence-electron chi connectivity index (χ3n) is 4.81. The molecule has 1 fully saturated rings. The number of rotatable bonds is 5. The van der Waals surface area contributed by atoms with Crippen LogP contribution in [0.1, 0.15) is 46.5 Å². The lowest BCUT2D eigenvalue weighted by Gasteiger charge is -2.22. The second-order valence-corrected chi connectivity index (χ2v) is 6.59. The smallest absolute Gasteiger partial charge is 0.254 e. The van der Waals surface area contributed by atoms with Gasteiger partial charge in [0.15, 0.2) is 0 Å². The fraction of sp³-hybridized carbons (Fsp3) is 0.286. The Labute approximate surface area is 157 Å². The number of methoxy groups -OCH3 is 1. The zero-order valence-corrected chi connectivity index (χ0v) is 15.2. The second kappa shape index (κ2) is 7.61. The van der Waals surface area contributed by atoms with Gasteiger partial charge in [0.2, 0.25) is 5.89 Å². The Kier molecular flexibility index (Phi) is 4.87. The van der Waals surface area contributed by atoms with Crippen molar-refractivity contribution in [1.29, 1.82) is 0 Å². The quantitative estimate of drug-likeness (QED) is 0.692. The summed E-state index contributed by atoms with van der Waals surface area (Å²) in [5.41, 5.74) is 1.73. The molecule has 0 N–H and O–H groups in total. The van der Waals surface area contributed by atoms with E-state index in [2.05, 4.69) is 9.97 Å². The summed E-state index contributed by atoms with van der Waals surface area (Å²) in [6, 6.07) is 11.2. The molecule has 0 radical (unpaired) electrons. The number of likely N-dealkylation sites (tertiary alicyclic amines) is 1. The molecule has 1 atom stereocenters. The molecule has 1 saturated heterocycles. The van der Waals surface area contributed by atoms with Gasteiger partial charge in [-0.05, 0) is 42.7 Å². The number of carbonyl (C=O) groups excluding carboxylic acids is 1. The van der Waals surface area contributed by atoms with Crippen LogP contribution in [0.2, 0.25) is 0 Å². The minimum Gasteiger partial charge on any atom is -0.497 e. The topological polar surface area (TPSA) is 68.5 Å². The van der Waals surface area contributed by atoms with Crippen LogP contribution in [0.5, 0.6) is 5.75 Å². The number of nitrogens with zero attached hydrogens (tertiary/aromatic N) is 3. The van der Waals surface area contributed by atoms with Gasteiger partial charge in [-0.15, -0.1) is 0 Å². The summed E-state index contributed by atoms with van der Waals surface area (Å²) < 4.78 is 11.3. The van der Waals surface area contributed by atoms with Gasteiger partial charge in [0.1, 0.15) is 17.6 Å². The average molecular weight is 363 g/mol. The van der Waals surface area contributed by atoms with Crippen LogP contribution in [0, 0.1) is 0 Å². The molecule has 1 aliphatic rings. The van der Waals surface area contributed by atoms with E-state index in [-0.39, 0.29) is 11.9 Å². The van der Waals surface area contributed by atoms with Gasteiger partial charge in [-0.25, -0.2) is 4.98 Å². The molecule has 1 unspecified atom stereocenters. The molecule has 27 heavy (non-hydrogen) atoms. The Morgan fingerprint density at radius 3 is 2.96 bits per heavy atom. The van der Waals surface area contributed by atoms with Gasteiger partial charge in [-0.2, -0.15) is 0 Å². The van der Waals surface area contributed by atoms with E-state index in [4.69, 9.17) is 9.15 Å². The zero-order valence-electron chi connectivity index (χ0n) is 15.2. The summed E-state index contributed by atoms with van der Waals surface area (Å²) in [6.45, 7) is 0.708. The van der Waals surface area contributed by atoms with Gasteiger partial charge in [0.05, 0.1) is 13.3 Å². The predicted molar refractivity (Wildman–Crippen MR) is 99.6 cm³/mol. The molecule has 0 aliphatic carbocycles. The summed E-state index contributed by atoms with van der Waals surface area (Å²) in [5.74, 6) is 2.19. The summed E-state index contributed by atoms with van der Waals surface area (Å²) >= 11 is 0. The Morgan fingerprint density at radius 2 is 2.15 bits per heavy atom. The van der Waals surface area contributed by atoms with E-state index in [1.54, 1.807) is 37.8 Å². The van der Waals surface area contributed by atoms with Crippen LogP contribution in [0.3, 0.4) is 0 Å². The van der Waals surface area contributed by atoms with Crippen LogP contribution in [0.25, 0.3) is 0 Å². The number of hydrogen-bond acceptors (Lipinski definition) is 5. The van der Waals surface area contributed by atoms with Crippen molar-refractivity contribution in [1.82, 2.24) is 14.9 Å². The fourth-order valence-electron chi connectivity index (χ4n) is 3.47. The summed E-state index contributed by atoms with van der Waals surface area (Å²) in [6.07, 6.45) is 7.45. The fourth-order valence-corrected chi connectivity index (χ4v) is 3.47. The summed E-state index contributed by atoms with van der Waals surface area (Å²) in [5, 5.41) is 0. The van der Waals surface area contributed by atoms with Crippen molar-refractivity contribution in [2.24, 2.45) is 0 Å². The van der Waals surface area contributed by atoms with E-state index in [1.165, 1.54) is 0 Å². The van der Waals surface area contributed by atoms with E-state index < -0.39 is 0 Å². The van der Waals surface area contributed by atoms with Gasteiger partial charge in [0.25, 0.3) is 5.91 Å². The highest BCUT2D eigenvalue weighted by Crippen LogP contribution is 2.33. The molecule has 3 aromatic rings. The first kappa shape index (κ1) is 17.3. The molecule has 0 spiro atoms. The zero-order chi connectivity index (χ0) is 18.6. The van der Waals surface area contributed by atoms with E-state index in [0.717, 1.165) is 29.9 Å². The maximum atomic E-state index is 12.8. The van der Waals surface area contributed by atoms with E-state index in [0.29, 0.717) is 24.4 Å². The number of hydrogen-bond donors (Lipinski definition) is 0. The van der Waals surface area contributed by atoms with Crippen LogP contribution in [-0.4, -0.2) is 34.4 Å². The highest BCUT2D eigenvalue weighted by molar-refractivity contribution is 5.94. The molecule has 1 aliphatic heterocycles. The third kappa shape index (κ3) is 3.69. The molecule has 2 aromatic heterocycles. The highest BCUT2D eigenvalue weighted by Gasteiger charge is 2.33. The monoisotopic (exact) mass is 363 g/mol. The number of benzene rings is 1. The predicted octanol–water partition coefficient (Wildman–Crippen LogP) is 3.65. The molecule has 6 heteroatoms. The molecule has 1 aromatic carbocycles. The Hall–Kier alpha value is -3.15. The molecule has 3 heterocycles. The van der Waals surface area contributed by atoms with Gasteiger partial charge < -0.3 is 14.1 Å². The Balaban J connectivity index is 1.51. The lowest BCUT2D eigenvalue weighted by Crippen LogP contribution is -2.30. The van der Waals surface area contributed by atoms with Crippen molar-refractivity contribution >= 4 is 5.91 Å². The van der Waals surface area contributed by atoms with Crippen molar-refractivity contribution in [2.45, 2.75) is 25.3 Å². The Bertz CT molecular complexity index is 923. The molecule has 0 bridgehead atoms. The van der Waals surface area contributed by atoms with Crippen molar-refractivity contribution < 1.29 is 13.9 Å². The molecular formula is C21H21N3O3. The summed E-state index contributed by atoms with van der Waals surface area (Å²) in [7, 11) is 1.65. The van der Waals surface area contributed by atoms with E-state index in [9.17, 15) is 4.79 Å². The minimum atomic E-state index is -0.121. The van der Waals surface area contributed by atoms with E-state index >= 15 is 0 Å². The largest absolute Gasteiger partial charge is 0.497 e.